The van der Waals surface area contributed by atoms with Gasteiger partial charge in [0.05, 0.1) is 0 Å². The third-order valence-corrected chi connectivity index (χ3v) is 3.62. The van der Waals surface area contributed by atoms with Crippen LogP contribution in [0.2, 0.25) is 0 Å². The Bertz CT molecular complexity index is 662. The quantitative estimate of drug-likeness (QED) is 0.770. The number of nitrogens with zero attached hydrogens (tertiary/aromatic N) is 2. The van der Waals surface area contributed by atoms with Crippen molar-refractivity contribution in [3.63, 3.8) is 0 Å². The molecule has 23 heavy (non-hydrogen) atoms. The number of carbonyl (C=O) groups is 2. The van der Waals surface area contributed by atoms with Crippen LogP contribution >= 0.6 is 0 Å². The highest BCUT2D eigenvalue weighted by molar-refractivity contribution is 5.90. The molecule has 0 saturated heterocycles. The summed E-state index contributed by atoms with van der Waals surface area (Å²) >= 11 is 0. The first-order chi connectivity index (χ1) is 11.0. The fraction of sp³-hybridized carbons (Fsp3) is 0.333. The van der Waals surface area contributed by atoms with Gasteiger partial charge in [-0.2, -0.15) is 0 Å². The zero-order valence-corrected chi connectivity index (χ0v) is 13.7. The predicted molar refractivity (Wildman–Crippen MR) is 87.8 cm³/mol. The molecule has 0 aliphatic heterocycles. The second kappa shape index (κ2) is 7.63. The minimum Gasteiger partial charge on any atom is -0.451 e. The lowest BCUT2D eigenvalue weighted by Gasteiger charge is -2.26. The van der Waals surface area contributed by atoms with Crippen LogP contribution in [0, 0.1) is 0 Å². The van der Waals surface area contributed by atoms with Crippen LogP contribution < -0.4 is 0 Å². The highest BCUT2D eigenvalue weighted by Gasteiger charge is 2.20. The molecule has 1 aromatic heterocycles. The van der Waals surface area contributed by atoms with E-state index >= 15 is 0 Å². The van der Waals surface area contributed by atoms with Gasteiger partial charge in [0, 0.05) is 25.8 Å². The second-order valence-corrected chi connectivity index (χ2v) is 5.68. The van der Waals surface area contributed by atoms with Crippen molar-refractivity contribution in [3.8, 4) is 0 Å². The summed E-state index contributed by atoms with van der Waals surface area (Å²) in [5.41, 5.74) is 1.47. The molecule has 2 aromatic rings. The third kappa shape index (κ3) is 4.45. The average molecular weight is 314 g/mol. The molecular weight excluding hydrogens is 292 g/mol. The predicted octanol–water partition coefficient (Wildman–Crippen LogP) is 2.62. The number of benzene rings is 1. The Kier molecular flexibility index (Phi) is 5.57. The van der Waals surface area contributed by atoms with Gasteiger partial charge in [-0.3, -0.25) is 4.79 Å². The van der Waals surface area contributed by atoms with Gasteiger partial charge < -0.3 is 14.2 Å². The molecule has 0 N–H and O–H groups in total. The Balaban J connectivity index is 1.96. The highest BCUT2D eigenvalue weighted by atomic mass is 16.5. The van der Waals surface area contributed by atoms with Crippen molar-refractivity contribution >= 4 is 11.9 Å². The maximum Gasteiger partial charge on any atom is 0.355 e. The van der Waals surface area contributed by atoms with Gasteiger partial charge in [-0.05, 0) is 31.5 Å². The summed E-state index contributed by atoms with van der Waals surface area (Å²) in [6.45, 7) is 4.13. The van der Waals surface area contributed by atoms with Gasteiger partial charge in [-0.1, -0.05) is 30.3 Å². The van der Waals surface area contributed by atoms with Gasteiger partial charge in [0.15, 0.2) is 6.61 Å². The smallest absolute Gasteiger partial charge is 0.355 e. The fourth-order valence-electron chi connectivity index (χ4n) is 2.30. The van der Waals surface area contributed by atoms with Crippen molar-refractivity contribution in [1.29, 1.82) is 0 Å². The number of hydrogen-bond acceptors (Lipinski definition) is 3. The molecule has 122 valence electrons. The van der Waals surface area contributed by atoms with E-state index in [0.29, 0.717) is 12.2 Å². The Morgan fingerprint density at radius 2 is 1.83 bits per heavy atom. The maximum atomic E-state index is 12.4. The van der Waals surface area contributed by atoms with E-state index in [9.17, 15) is 9.59 Å². The zero-order valence-electron chi connectivity index (χ0n) is 13.7. The Morgan fingerprint density at radius 3 is 2.39 bits per heavy atom. The van der Waals surface area contributed by atoms with Crippen molar-refractivity contribution in [2.24, 2.45) is 7.05 Å². The van der Waals surface area contributed by atoms with Crippen molar-refractivity contribution in [3.05, 3.63) is 59.9 Å². The molecule has 0 fully saturated rings. The number of esters is 1. The monoisotopic (exact) mass is 314 g/mol. The van der Waals surface area contributed by atoms with Gasteiger partial charge >= 0.3 is 5.97 Å². The second-order valence-electron chi connectivity index (χ2n) is 5.68. The van der Waals surface area contributed by atoms with E-state index in [1.807, 2.05) is 44.2 Å². The number of rotatable bonds is 6. The van der Waals surface area contributed by atoms with Crippen LogP contribution in [0.25, 0.3) is 0 Å². The summed E-state index contributed by atoms with van der Waals surface area (Å²) in [6, 6.07) is 13.2. The fourth-order valence-corrected chi connectivity index (χ4v) is 2.30. The standard InChI is InChI=1S/C18H22N2O3/c1-14(2)20(12-15-8-5-4-6-9-15)17(21)13-23-18(22)16-10-7-11-19(16)3/h4-11,14H,12-13H2,1-3H3. The van der Waals surface area contributed by atoms with Crippen LogP contribution in [-0.4, -0.2) is 34.0 Å². The molecular formula is C18H22N2O3. The molecule has 0 atom stereocenters. The van der Waals surface area contributed by atoms with E-state index in [1.54, 1.807) is 34.8 Å². The van der Waals surface area contributed by atoms with Crippen LogP contribution in [0.3, 0.4) is 0 Å². The lowest BCUT2D eigenvalue weighted by atomic mass is 10.2. The molecule has 0 aliphatic carbocycles. The van der Waals surface area contributed by atoms with Crippen molar-refractivity contribution in [1.82, 2.24) is 9.47 Å². The van der Waals surface area contributed by atoms with E-state index in [4.69, 9.17) is 4.74 Å². The van der Waals surface area contributed by atoms with Gasteiger partial charge in [-0.15, -0.1) is 0 Å². The average Bonchev–Trinajstić information content (AvgIpc) is 2.97. The minimum absolute atomic E-state index is 0.0245. The van der Waals surface area contributed by atoms with Crippen LogP contribution in [-0.2, 0) is 23.1 Å². The summed E-state index contributed by atoms with van der Waals surface area (Å²) < 4.78 is 6.81. The molecule has 1 heterocycles. The minimum atomic E-state index is -0.491. The molecule has 0 radical (unpaired) electrons. The summed E-state index contributed by atoms with van der Waals surface area (Å²) in [6.07, 6.45) is 1.76. The molecule has 0 saturated carbocycles. The maximum absolute atomic E-state index is 12.4. The normalized spacial score (nSPS) is 10.6. The van der Waals surface area contributed by atoms with E-state index in [-0.39, 0.29) is 18.6 Å². The van der Waals surface area contributed by atoms with E-state index < -0.39 is 5.97 Å². The first-order valence-corrected chi connectivity index (χ1v) is 7.61. The molecule has 5 nitrogen and oxygen atoms in total. The zero-order chi connectivity index (χ0) is 16.8. The lowest BCUT2D eigenvalue weighted by Crippen LogP contribution is -2.39. The summed E-state index contributed by atoms with van der Waals surface area (Å²) in [4.78, 5) is 26.1. The summed E-state index contributed by atoms with van der Waals surface area (Å²) in [5.74, 6) is -0.694. The highest BCUT2D eigenvalue weighted by Crippen LogP contribution is 2.09. The lowest BCUT2D eigenvalue weighted by molar-refractivity contribution is -0.136. The number of aryl methyl sites for hydroxylation is 1. The Morgan fingerprint density at radius 1 is 1.13 bits per heavy atom. The molecule has 2 rings (SSSR count). The van der Waals surface area contributed by atoms with Gasteiger partial charge in [0.2, 0.25) is 0 Å². The Hall–Kier alpha value is -2.56. The molecule has 5 heteroatoms. The number of hydrogen-bond donors (Lipinski definition) is 0. The number of amides is 1. The Labute approximate surface area is 136 Å². The van der Waals surface area contributed by atoms with Gasteiger partial charge in [0.1, 0.15) is 5.69 Å². The number of ether oxygens (including phenoxy) is 1. The van der Waals surface area contributed by atoms with Crippen LogP contribution in [0.5, 0.6) is 0 Å². The largest absolute Gasteiger partial charge is 0.451 e. The van der Waals surface area contributed by atoms with Crippen molar-refractivity contribution in [2.75, 3.05) is 6.61 Å². The molecule has 1 amide bonds. The van der Waals surface area contributed by atoms with E-state index in [2.05, 4.69) is 0 Å². The van der Waals surface area contributed by atoms with E-state index in [0.717, 1.165) is 5.56 Å². The molecule has 0 bridgehead atoms. The molecule has 0 aliphatic rings. The topological polar surface area (TPSA) is 51.5 Å². The van der Waals surface area contributed by atoms with Gasteiger partial charge in [0.25, 0.3) is 5.91 Å². The first kappa shape index (κ1) is 16.8. The van der Waals surface area contributed by atoms with Crippen LogP contribution in [0.4, 0.5) is 0 Å². The number of carbonyl (C=O) groups excluding carboxylic acids is 2. The van der Waals surface area contributed by atoms with Crippen LogP contribution in [0.15, 0.2) is 48.7 Å². The van der Waals surface area contributed by atoms with Crippen molar-refractivity contribution < 1.29 is 14.3 Å². The van der Waals surface area contributed by atoms with Crippen LogP contribution in [0.1, 0.15) is 29.9 Å². The summed E-state index contributed by atoms with van der Waals surface area (Å²) in [5, 5.41) is 0. The molecule has 1 aromatic carbocycles. The number of aromatic nitrogens is 1. The van der Waals surface area contributed by atoms with Crippen molar-refractivity contribution in [2.45, 2.75) is 26.4 Å². The third-order valence-electron chi connectivity index (χ3n) is 3.62. The van der Waals surface area contributed by atoms with Gasteiger partial charge in [-0.25, -0.2) is 4.79 Å². The SMILES string of the molecule is CC(C)N(Cc1ccccc1)C(=O)COC(=O)c1cccn1C. The summed E-state index contributed by atoms with van der Waals surface area (Å²) in [7, 11) is 1.76. The molecule has 0 spiro atoms. The molecule has 0 unspecified atom stereocenters. The van der Waals surface area contributed by atoms with E-state index in [1.165, 1.54) is 0 Å². The first-order valence-electron chi connectivity index (χ1n) is 7.61.